The SMILES string of the molecule is O=C(Cn1nc(-c2cccc3ccccc23)ccc1=O)NCc1ccc2c(c1)OCO2. The van der Waals surface area contributed by atoms with E-state index in [1.807, 2.05) is 60.7 Å². The summed E-state index contributed by atoms with van der Waals surface area (Å²) in [4.78, 5) is 24.8. The molecule has 3 aromatic carbocycles. The zero-order valence-corrected chi connectivity index (χ0v) is 16.6. The lowest BCUT2D eigenvalue weighted by Gasteiger charge is -2.10. The Morgan fingerprint density at radius 2 is 1.81 bits per heavy atom. The first kappa shape index (κ1) is 18.9. The van der Waals surface area contributed by atoms with Crippen LogP contribution < -0.4 is 20.3 Å². The highest BCUT2D eigenvalue weighted by Gasteiger charge is 2.14. The molecule has 0 radical (unpaired) electrons. The summed E-state index contributed by atoms with van der Waals surface area (Å²) in [6.45, 7) is 0.349. The number of nitrogens with one attached hydrogen (secondary N) is 1. The van der Waals surface area contributed by atoms with E-state index in [-0.39, 0.29) is 24.8 Å². The van der Waals surface area contributed by atoms with Gasteiger partial charge in [-0.15, -0.1) is 0 Å². The highest BCUT2D eigenvalue weighted by Crippen LogP contribution is 2.32. The molecular weight excluding hydrogens is 394 g/mol. The van der Waals surface area contributed by atoms with Crippen LogP contribution in [-0.2, 0) is 17.9 Å². The van der Waals surface area contributed by atoms with Crippen molar-refractivity contribution in [1.82, 2.24) is 15.1 Å². The zero-order chi connectivity index (χ0) is 21.2. The summed E-state index contributed by atoms with van der Waals surface area (Å²) in [6, 6.07) is 22.5. The van der Waals surface area contributed by atoms with Gasteiger partial charge in [0.25, 0.3) is 5.56 Å². The molecule has 1 amide bonds. The summed E-state index contributed by atoms with van der Waals surface area (Å²) in [7, 11) is 0. The van der Waals surface area contributed by atoms with Gasteiger partial charge in [-0.1, -0.05) is 48.5 Å². The van der Waals surface area contributed by atoms with Crippen LogP contribution in [0.5, 0.6) is 11.5 Å². The molecule has 0 bridgehead atoms. The summed E-state index contributed by atoms with van der Waals surface area (Å²) in [5.41, 5.74) is 2.09. The Hall–Kier alpha value is -4.13. The minimum Gasteiger partial charge on any atom is -0.454 e. The number of carbonyl (C=O) groups is 1. The molecule has 5 rings (SSSR count). The van der Waals surface area contributed by atoms with E-state index in [4.69, 9.17) is 9.47 Å². The van der Waals surface area contributed by atoms with Crippen LogP contribution in [0.25, 0.3) is 22.0 Å². The molecule has 7 nitrogen and oxygen atoms in total. The molecule has 1 aromatic heterocycles. The van der Waals surface area contributed by atoms with Gasteiger partial charge in [0.2, 0.25) is 12.7 Å². The Morgan fingerprint density at radius 1 is 0.968 bits per heavy atom. The average molecular weight is 413 g/mol. The first-order valence-electron chi connectivity index (χ1n) is 9.89. The molecule has 1 aliphatic rings. The number of fused-ring (bicyclic) bond motifs is 2. The minimum absolute atomic E-state index is 0.165. The van der Waals surface area contributed by atoms with Crippen molar-refractivity contribution in [3.05, 3.63) is 88.7 Å². The second kappa shape index (κ2) is 7.95. The van der Waals surface area contributed by atoms with E-state index in [9.17, 15) is 9.59 Å². The number of carbonyl (C=O) groups excluding carboxylic acids is 1. The maximum Gasteiger partial charge on any atom is 0.267 e. The van der Waals surface area contributed by atoms with Gasteiger partial charge in [0, 0.05) is 18.2 Å². The number of amides is 1. The molecule has 0 saturated carbocycles. The zero-order valence-electron chi connectivity index (χ0n) is 16.6. The van der Waals surface area contributed by atoms with E-state index in [0.717, 1.165) is 21.9 Å². The second-order valence-corrected chi connectivity index (χ2v) is 7.21. The van der Waals surface area contributed by atoms with Crippen molar-refractivity contribution >= 4 is 16.7 Å². The number of benzene rings is 3. The first-order chi connectivity index (χ1) is 15.2. The van der Waals surface area contributed by atoms with Gasteiger partial charge >= 0.3 is 0 Å². The van der Waals surface area contributed by atoms with Gasteiger partial charge in [-0.05, 0) is 34.5 Å². The molecule has 0 atom stereocenters. The predicted octanol–water partition coefficient (Wildman–Crippen LogP) is 3.11. The van der Waals surface area contributed by atoms with Crippen LogP contribution in [0.2, 0.25) is 0 Å². The van der Waals surface area contributed by atoms with E-state index < -0.39 is 0 Å². The molecule has 7 heteroatoms. The summed E-state index contributed by atoms with van der Waals surface area (Å²) >= 11 is 0. The monoisotopic (exact) mass is 413 g/mol. The molecule has 0 aliphatic carbocycles. The van der Waals surface area contributed by atoms with Crippen molar-refractivity contribution in [3.8, 4) is 22.8 Å². The lowest BCUT2D eigenvalue weighted by Crippen LogP contribution is -2.33. The third kappa shape index (κ3) is 3.85. The fourth-order valence-electron chi connectivity index (χ4n) is 3.60. The van der Waals surface area contributed by atoms with Crippen LogP contribution in [0.1, 0.15) is 5.56 Å². The van der Waals surface area contributed by atoms with Crippen molar-refractivity contribution in [3.63, 3.8) is 0 Å². The van der Waals surface area contributed by atoms with Gasteiger partial charge in [-0.2, -0.15) is 5.10 Å². The Bertz CT molecular complexity index is 1340. The molecule has 4 aromatic rings. The summed E-state index contributed by atoms with van der Waals surface area (Å²) < 4.78 is 11.8. The fraction of sp³-hybridized carbons (Fsp3) is 0.125. The van der Waals surface area contributed by atoms with E-state index in [1.165, 1.54) is 10.7 Å². The van der Waals surface area contributed by atoms with E-state index in [2.05, 4.69) is 10.4 Å². The number of ether oxygens (including phenoxy) is 2. The quantitative estimate of drug-likeness (QED) is 0.544. The predicted molar refractivity (Wildman–Crippen MR) is 116 cm³/mol. The van der Waals surface area contributed by atoms with Gasteiger partial charge in [-0.25, -0.2) is 4.68 Å². The van der Waals surface area contributed by atoms with Gasteiger partial charge in [0.05, 0.1) is 5.69 Å². The maximum atomic E-state index is 12.5. The van der Waals surface area contributed by atoms with Gasteiger partial charge in [-0.3, -0.25) is 9.59 Å². The van der Waals surface area contributed by atoms with E-state index in [1.54, 1.807) is 6.07 Å². The smallest absolute Gasteiger partial charge is 0.267 e. The normalized spacial score (nSPS) is 12.1. The van der Waals surface area contributed by atoms with E-state index in [0.29, 0.717) is 23.7 Å². The number of hydrogen-bond donors (Lipinski definition) is 1. The van der Waals surface area contributed by atoms with Crippen molar-refractivity contribution in [2.45, 2.75) is 13.1 Å². The number of hydrogen-bond acceptors (Lipinski definition) is 5. The lowest BCUT2D eigenvalue weighted by molar-refractivity contribution is -0.122. The molecule has 154 valence electrons. The van der Waals surface area contributed by atoms with Crippen LogP contribution in [-0.4, -0.2) is 22.5 Å². The lowest BCUT2D eigenvalue weighted by atomic mass is 10.0. The molecular formula is C24H19N3O4. The minimum atomic E-state index is -0.331. The first-order valence-corrected chi connectivity index (χ1v) is 9.89. The van der Waals surface area contributed by atoms with Crippen LogP contribution in [0.4, 0.5) is 0 Å². The molecule has 0 fully saturated rings. The highest BCUT2D eigenvalue weighted by molar-refractivity contribution is 5.95. The van der Waals surface area contributed by atoms with Gasteiger partial charge < -0.3 is 14.8 Å². The van der Waals surface area contributed by atoms with Crippen LogP contribution in [0.3, 0.4) is 0 Å². The molecule has 0 saturated heterocycles. The Morgan fingerprint density at radius 3 is 2.74 bits per heavy atom. The second-order valence-electron chi connectivity index (χ2n) is 7.21. The number of aromatic nitrogens is 2. The van der Waals surface area contributed by atoms with Gasteiger partial charge in [0.1, 0.15) is 6.54 Å². The molecule has 1 N–H and O–H groups in total. The number of nitrogens with zero attached hydrogens (tertiary/aromatic N) is 2. The topological polar surface area (TPSA) is 82.5 Å². The fourth-order valence-corrected chi connectivity index (χ4v) is 3.60. The maximum absolute atomic E-state index is 12.5. The third-order valence-corrected chi connectivity index (χ3v) is 5.15. The summed E-state index contributed by atoms with van der Waals surface area (Å²) in [5, 5.41) is 9.38. The third-order valence-electron chi connectivity index (χ3n) is 5.15. The van der Waals surface area contributed by atoms with Crippen LogP contribution in [0.15, 0.2) is 77.6 Å². The van der Waals surface area contributed by atoms with Crippen molar-refractivity contribution in [2.24, 2.45) is 0 Å². The van der Waals surface area contributed by atoms with Crippen molar-refractivity contribution in [2.75, 3.05) is 6.79 Å². The Labute approximate surface area is 177 Å². The Balaban J connectivity index is 1.33. The summed E-state index contributed by atoms with van der Waals surface area (Å²) in [5.74, 6) is 1.05. The molecule has 31 heavy (non-hydrogen) atoms. The Kier molecular flexibility index (Phi) is 4.84. The van der Waals surface area contributed by atoms with Crippen molar-refractivity contribution in [1.29, 1.82) is 0 Å². The highest BCUT2D eigenvalue weighted by atomic mass is 16.7. The largest absolute Gasteiger partial charge is 0.454 e. The van der Waals surface area contributed by atoms with Gasteiger partial charge in [0.15, 0.2) is 11.5 Å². The molecule has 1 aliphatic heterocycles. The molecule has 2 heterocycles. The van der Waals surface area contributed by atoms with Crippen LogP contribution in [0, 0.1) is 0 Å². The molecule has 0 spiro atoms. The average Bonchev–Trinajstić information content (AvgIpc) is 3.27. The molecule has 0 unspecified atom stereocenters. The summed E-state index contributed by atoms with van der Waals surface area (Å²) in [6.07, 6.45) is 0. The number of rotatable bonds is 5. The van der Waals surface area contributed by atoms with E-state index >= 15 is 0 Å². The van der Waals surface area contributed by atoms with Crippen molar-refractivity contribution < 1.29 is 14.3 Å². The standard InChI is InChI=1S/C24H19N3O4/c28-23(25-13-16-8-10-21-22(12-16)31-15-30-21)14-27-24(29)11-9-20(26-27)19-7-3-5-17-4-1-2-6-18(17)19/h1-12H,13-15H2,(H,25,28). The van der Waals surface area contributed by atoms with Crippen LogP contribution >= 0.6 is 0 Å².